The Hall–Kier alpha value is -1.88. The molecular weight excluding hydrogens is 308 g/mol. The van der Waals surface area contributed by atoms with Gasteiger partial charge in [0.15, 0.2) is 11.5 Å². The number of hydrogen-bond acceptors (Lipinski definition) is 8. The van der Waals surface area contributed by atoms with Crippen LogP contribution in [0.3, 0.4) is 0 Å². The zero-order chi connectivity index (χ0) is 15.3. The number of oxime groups is 1. The first kappa shape index (κ1) is 16.2. The van der Waals surface area contributed by atoms with Crippen LogP contribution >= 0.6 is 11.8 Å². The zero-order valence-corrected chi connectivity index (χ0v) is 12.0. The average molecular weight is 320 g/mol. The maximum Gasteiger partial charge on any atom is 0.298 e. The molecule has 0 unspecified atom stereocenters. The molecule has 0 spiro atoms. The van der Waals surface area contributed by atoms with Crippen molar-refractivity contribution in [2.45, 2.75) is 5.03 Å². The van der Waals surface area contributed by atoms with Crippen molar-refractivity contribution in [2.75, 3.05) is 17.8 Å². The van der Waals surface area contributed by atoms with Gasteiger partial charge < -0.3 is 10.9 Å². The molecule has 0 fully saturated rings. The maximum atomic E-state index is 11.0. The number of hydrogen-bond donors (Lipinski definition) is 2. The quantitative estimate of drug-likeness (QED) is 0.189. The largest absolute Gasteiger partial charge is 0.409 e. The Morgan fingerprint density at radius 2 is 2.25 bits per heavy atom. The molecule has 3 N–H and O–H groups in total. The maximum absolute atomic E-state index is 11.0. The van der Waals surface area contributed by atoms with E-state index in [2.05, 4.69) is 10.1 Å². The van der Waals surface area contributed by atoms with Crippen LogP contribution in [-0.4, -0.2) is 47.1 Å². The second kappa shape index (κ2) is 6.52. The number of amidine groups is 1. The van der Waals surface area contributed by atoms with Gasteiger partial charge in [-0.15, -0.1) is 11.8 Å². The lowest BCUT2D eigenvalue weighted by molar-refractivity contribution is -0.385. The molecule has 11 heteroatoms. The van der Waals surface area contributed by atoms with Gasteiger partial charge in [-0.25, -0.2) is 13.4 Å². The lowest BCUT2D eigenvalue weighted by Crippen LogP contribution is -2.17. The second-order valence-electron chi connectivity index (χ2n) is 3.74. The highest BCUT2D eigenvalue weighted by molar-refractivity contribution is 8.00. The Balaban J connectivity index is 2.98. The van der Waals surface area contributed by atoms with Gasteiger partial charge in [-0.2, -0.15) is 0 Å². The predicted molar refractivity (Wildman–Crippen MR) is 73.8 cm³/mol. The third-order valence-electron chi connectivity index (χ3n) is 2.10. The number of nitro groups is 1. The number of nitrogens with zero attached hydrogens (tertiary/aromatic N) is 3. The first-order valence-electron chi connectivity index (χ1n) is 5.18. The fourth-order valence-corrected chi connectivity index (χ4v) is 3.27. The van der Waals surface area contributed by atoms with Crippen molar-refractivity contribution in [1.82, 2.24) is 4.98 Å². The summed E-state index contributed by atoms with van der Waals surface area (Å²) in [5.41, 5.74) is 4.67. The molecule has 0 bridgehead atoms. The molecule has 1 aromatic rings. The molecule has 110 valence electrons. The summed E-state index contributed by atoms with van der Waals surface area (Å²) in [6.45, 7) is 0. The van der Waals surface area contributed by atoms with E-state index in [1.807, 2.05) is 0 Å². The van der Waals surface area contributed by atoms with E-state index in [0.29, 0.717) is 5.03 Å². The molecule has 0 radical (unpaired) electrons. The third-order valence-corrected chi connectivity index (χ3v) is 4.24. The minimum absolute atomic E-state index is 0.0464. The molecule has 9 nitrogen and oxygen atoms in total. The fraction of sp³-hybridized carbons (Fsp3) is 0.333. The zero-order valence-electron chi connectivity index (χ0n) is 10.4. The van der Waals surface area contributed by atoms with E-state index >= 15 is 0 Å². The lowest BCUT2D eigenvalue weighted by Gasteiger charge is -2.04. The number of rotatable bonds is 6. The number of aromatic nitrogens is 1. The van der Waals surface area contributed by atoms with Crippen LogP contribution in [0.5, 0.6) is 0 Å². The minimum Gasteiger partial charge on any atom is -0.409 e. The van der Waals surface area contributed by atoms with Crippen molar-refractivity contribution < 1.29 is 18.5 Å². The molecule has 1 heterocycles. The SMILES string of the molecule is CS(=O)(=O)CCSc1ccc([N+](=O)[O-])c(/C(N)=N/O)n1. The molecule has 1 rings (SSSR count). The summed E-state index contributed by atoms with van der Waals surface area (Å²) in [6, 6.07) is 2.54. The van der Waals surface area contributed by atoms with Gasteiger partial charge in [0.05, 0.1) is 15.7 Å². The van der Waals surface area contributed by atoms with Crippen molar-refractivity contribution in [3.05, 3.63) is 27.9 Å². The van der Waals surface area contributed by atoms with Crippen LogP contribution in [0.15, 0.2) is 22.3 Å². The van der Waals surface area contributed by atoms with Crippen LogP contribution < -0.4 is 5.73 Å². The summed E-state index contributed by atoms with van der Waals surface area (Å²) in [6.07, 6.45) is 1.11. The van der Waals surface area contributed by atoms with E-state index < -0.39 is 26.3 Å². The number of sulfone groups is 1. The van der Waals surface area contributed by atoms with E-state index in [-0.39, 0.29) is 17.2 Å². The van der Waals surface area contributed by atoms with E-state index in [9.17, 15) is 18.5 Å². The molecule has 0 saturated heterocycles. The van der Waals surface area contributed by atoms with Gasteiger partial charge in [-0.3, -0.25) is 10.1 Å². The highest BCUT2D eigenvalue weighted by atomic mass is 32.2. The number of thioether (sulfide) groups is 1. The molecule has 0 aliphatic heterocycles. The monoisotopic (exact) mass is 320 g/mol. The van der Waals surface area contributed by atoms with Crippen LogP contribution in [0.2, 0.25) is 0 Å². The number of nitrogens with two attached hydrogens (primary N) is 1. The summed E-state index contributed by atoms with van der Waals surface area (Å²) in [5, 5.41) is 22.4. The van der Waals surface area contributed by atoms with E-state index in [0.717, 1.165) is 18.0 Å². The fourth-order valence-electron chi connectivity index (χ4n) is 1.20. The van der Waals surface area contributed by atoms with E-state index in [4.69, 9.17) is 10.9 Å². The molecule has 20 heavy (non-hydrogen) atoms. The van der Waals surface area contributed by atoms with E-state index in [1.165, 1.54) is 12.1 Å². The second-order valence-corrected chi connectivity index (χ2v) is 7.11. The third kappa shape index (κ3) is 4.66. The van der Waals surface area contributed by atoms with Gasteiger partial charge in [-0.1, -0.05) is 5.16 Å². The predicted octanol–water partition coefficient (Wildman–Crippen LogP) is 0.221. The van der Waals surface area contributed by atoms with Gasteiger partial charge in [0, 0.05) is 18.1 Å². The first-order chi connectivity index (χ1) is 9.24. The molecule has 0 aliphatic carbocycles. The Labute approximate surface area is 118 Å². The smallest absolute Gasteiger partial charge is 0.298 e. The summed E-state index contributed by atoms with van der Waals surface area (Å²) in [7, 11) is -3.09. The molecule has 0 atom stereocenters. The lowest BCUT2D eigenvalue weighted by atomic mass is 10.3. The van der Waals surface area contributed by atoms with Crippen molar-refractivity contribution in [2.24, 2.45) is 10.9 Å². The van der Waals surface area contributed by atoms with Crippen molar-refractivity contribution in [1.29, 1.82) is 0 Å². The van der Waals surface area contributed by atoms with Gasteiger partial charge in [0.2, 0.25) is 0 Å². The van der Waals surface area contributed by atoms with Gasteiger partial charge in [0.1, 0.15) is 9.84 Å². The van der Waals surface area contributed by atoms with Crippen LogP contribution in [-0.2, 0) is 9.84 Å². The highest BCUT2D eigenvalue weighted by Crippen LogP contribution is 2.22. The van der Waals surface area contributed by atoms with Gasteiger partial charge in [-0.05, 0) is 6.07 Å². The molecule has 0 amide bonds. The first-order valence-corrected chi connectivity index (χ1v) is 8.23. The van der Waals surface area contributed by atoms with E-state index in [1.54, 1.807) is 0 Å². The molecule has 0 aromatic carbocycles. The summed E-state index contributed by atoms with van der Waals surface area (Å²) in [5.74, 6) is -0.281. The van der Waals surface area contributed by atoms with Gasteiger partial charge >= 0.3 is 0 Å². The Bertz CT molecular complexity index is 644. The molecule has 0 saturated carbocycles. The van der Waals surface area contributed by atoms with Crippen LogP contribution in [0, 0.1) is 10.1 Å². The Kier molecular flexibility index (Phi) is 5.27. The Morgan fingerprint density at radius 3 is 2.75 bits per heavy atom. The van der Waals surface area contributed by atoms with Gasteiger partial charge in [0.25, 0.3) is 5.69 Å². The topological polar surface area (TPSA) is 149 Å². The molecule has 0 aliphatic rings. The summed E-state index contributed by atoms with van der Waals surface area (Å²) in [4.78, 5) is 14.0. The van der Waals surface area contributed by atoms with Crippen molar-refractivity contribution in [3.8, 4) is 0 Å². The van der Waals surface area contributed by atoms with Crippen molar-refractivity contribution >= 4 is 33.1 Å². The summed E-state index contributed by atoms with van der Waals surface area (Å²) >= 11 is 1.10. The van der Waals surface area contributed by atoms with Crippen LogP contribution in [0.1, 0.15) is 5.69 Å². The highest BCUT2D eigenvalue weighted by Gasteiger charge is 2.19. The van der Waals surface area contributed by atoms with Crippen LogP contribution in [0.25, 0.3) is 0 Å². The summed E-state index contributed by atoms with van der Waals surface area (Å²) < 4.78 is 22.0. The average Bonchev–Trinajstić information content (AvgIpc) is 2.36. The minimum atomic E-state index is -3.09. The van der Waals surface area contributed by atoms with Crippen LogP contribution in [0.4, 0.5) is 5.69 Å². The van der Waals surface area contributed by atoms with Crippen molar-refractivity contribution in [3.63, 3.8) is 0 Å². The number of pyridine rings is 1. The molecule has 1 aromatic heterocycles. The normalized spacial score (nSPS) is 12.3. The standard InChI is InChI=1S/C9H12N4O5S2/c1-20(17,18)5-4-19-7-3-2-6(13(15)16)8(11-7)9(10)12-14/h2-3,14H,4-5H2,1H3,(H2,10,12). The Morgan fingerprint density at radius 1 is 1.60 bits per heavy atom. The molecular formula is C9H12N4O5S2.